The zero-order valence-corrected chi connectivity index (χ0v) is 34.0. The van der Waals surface area contributed by atoms with E-state index in [1.54, 1.807) is 52.1 Å². The number of methoxy groups -OCH3 is 1. The normalized spacial score (nSPS) is 22.7. The molecule has 3 fully saturated rings. The summed E-state index contributed by atoms with van der Waals surface area (Å²) >= 11 is 0. The maximum atomic E-state index is 14.6. The van der Waals surface area contributed by atoms with E-state index in [0.29, 0.717) is 34.7 Å². The molecule has 1 aliphatic carbocycles. The number of ether oxygens (including phenoxy) is 4. The molecule has 0 bridgehead atoms. The predicted molar refractivity (Wildman–Crippen MR) is 217 cm³/mol. The molecule has 0 radical (unpaired) electrons. The van der Waals surface area contributed by atoms with Crippen LogP contribution >= 0.6 is 0 Å². The summed E-state index contributed by atoms with van der Waals surface area (Å²) in [5.74, 6) is -1.81. The average molecular weight is 826 g/mol. The fourth-order valence-electron chi connectivity index (χ4n) is 7.26. The highest BCUT2D eigenvalue weighted by molar-refractivity contribution is 7.90. The molecule has 3 N–H and O–H groups in total. The fourth-order valence-corrected chi connectivity index (χ4v) is 8.32. The van der Waals surface area contributed by atoms with Crippen molar-refractivity contribution in [2.75, 3.05) is 20.3 Å². The van der Waals surface area contributed by atoms with Crippen LogP contribution in [-0.2, 0) is 33.9 Å². The highest BCUT2D eigenvalue weighted by atomic mass is 32.2. The monoisotopic (exact) mass is 825 g/mol. The van der Waals surface area contributed by atoms with Crippen LogP contribution in [0.25, 0.3) is 22.2 Å². The van der Waals surface area contributed by atoms with Gasteiger partial charge in [0.15, 0.2) is 0 Å². The van der Waals surface area contributed by atoms with Crippen molar-refractivity contribution >= 4 is 44.7 Å². The second-order valence-corrected chi connectivity index (χ2v) is 17.6. The van der Waals surface area contributed by atoms with E-state index in [1.165, 1.54) is 35.2 Å². The first-order valence-electron chi connectivity index (χ1n) is 19.3. The first-order valence-corrected chi connectivity index (χ1v) is 20.8. The molecule has 0 spiro atoms. The quantitative estimate of drug-likeness (QED) is 0.120. The van der Waals surface area contributed by atoms with Crippen LogP contribution in [0.1, 0.15) is 40.0 Å². The molecule has 6 atom stereocenters. The van der Waals surface area contributed by atoms with Crippen LogP contribution < -0.4 is 24.8 Å². The third-order valence-corrected chi connectivity index (χ3v) is 11.8. The number of fused-ring (bicyclic) bond motifs is 1. The number of hydrogen-bond donors (Lipinski definition) is 3. The van der Waals surface area contributed by atoms with Gasteiger partial charge in [-0.05, 0) is 51.5 Å². The summed E-state index contributed by atoms with van der Waals surface area (Å²) in [7, 11) is -2.73. The lowest BCUT2D eigenvalue weighted by Crippen LogP contribution is -2.58. The molecule has 59 heavy (non-hydrogen) atoms. The van der Waals surface area contributed by atoms with E-state index in [4.69, 9.17) is 23.9 Å². The Kier molecular flexibility index (Phi) is 11.4. The van der Waals surface area contributed by atoms with Gasteiger partial charge in [0.25, 0.3) is 15.9 Å². The van der Waals surface area contributed by atoms with Crippen LogP contribution in [0.4, 0.5) is 4.79 Å². The lowest BCUT2D eigenvalue weighted by atomic mass is 10.1. The van der Waals surface area contributed by atoms with Crippen molar-refractivity contribution in [1.29, 1.82) is 0 Å². The highest BCUT2D eigenvalue weighted by Gasteiger charge is 2.61. The summed E-state index contributed by atoms with van der Waals surface area (Å²) in [6, 6.07) is 21.8. The molecule has 310 valence electrons. The van der Waals surface area contributed by atoms with E-state index in [0.717, 1.165) is 5.56 Å². The minimum Gasteiger partial charge on any atom is -0.497 e. The molecule has 4 amide bonds. The standard InChI is InChI=1S/C43H47N5O10S/c1-6-27-23-43(27,40(51)47-59(53,54)31-15-11-8-12-16-31)46-38(49)36-21-29(24-48(36)39(50)35(20-30-25-56-30)45-41(52)58-42(2,3)4)57-37-22-33(26-13-9-7-10-14-26)44-34-19-28(55-5)17-18-32(34)37/h6-19,22,27,29-30,35-36H,1,20-21,23-25H2,2-5H3,(H,45,52)(H,46,49)(H,47,51)/t27-,29-,30?,35-,36+,43-/m1/s1. The van der Waals surface area contributed by atoms with Gasteiger partial charge in [-0.3, -0.25) is 14.4 Å². The van der Waals surface area contributed by atoms with Gasteiger partial charge in [-0.25, -0.2) is 22.9 Å². The molecule has 2 aliphatic heterocycles. The lowest BCUT2D eigenvalue weighted by molar-refractivity contribution is -0.141. The molecular weight excluding hydrogens is 779 g/mol. The number of pyridine rings is 1. The van der Waals surface area contributed by atoms with Crippen molar-refractivity contribution in [2.45, 2.75) is 80.4 Å². The number of likely N-dealkylation sites (tertiary alicyclic amines) is 1. The Morgan fingerprint density at radius 3 is 2.36 bits per heavy atom. The second-order valence-electron chi connectivity index (χ2n) is 15.9. The number of aromatic nitrogens is 1. The topological polar surface area (TPSA) is 195 Å². The number of carbonyl (C=O) groups is 4. The summed E-state index contributed by atoms with van der Waals surface area (Å²) < 4.78 is 51.6. The smallest absolute Gasteiger partial charge is 0.408 e. The number of benzene rings is 3. The van der Waals surface area contributed by atoms with E-state index < -0.39 is 69.1 Å². The first-order chi connectivity index (χ1) is 28.1. The van der Waals surface area contributed by atoms with Crippen molar-refractivity contribution in [3.8, 4) is 22.8 Å². The Bertz CT molecular complexity index is 2370. The summed E-state index contributed by atoms with van der Waals surface area (Å²) in [4.78, 5) is 62.0. The molecule has 2 saturated heterocycles. The maximum absolute atomic E-state index is 14.6. The zero-order valence-electron chi connectivity index (χ0n) is 33.2. The first kappa shape index (κ1) is 41.2. The molecule has 1 saturated carbocycles. The second kappa shape index (κ2) is 16.3. The molecule has 7 rings (SSSR count). The fraction of sp³-hybridized carbons (Fsp3) is 0.372. The number of nitrogens with one attached hydrogen (secondary N) is 3. The predicted octanol–water partition coefficient (Wildman–Crippen LogP) is 4.51. The third kappa shape index (κ3) is 9.34. The Hall–Kier alpha value is -6.00. The van der Waals surface area contributed by atoms with Gasteiger partial charge in [0.05, 0.1) is 42.5 Å². The SMILES string of the molecule is C=C[C@@H]1C[C@]1(NC(=O)[C@@H]1C[C@@H](Oc2cc(-c3ccccc3)nc3cc(OC)ccc23)CN1C(=O)[C@@H](CC1CO1)NC(=O)OC(C)(C)C)C(=O)NS(=O)(=O)c1ccccc1. The number of amides is 4. The number of hydrogen-bond acceptors (Lipinski definition) is 11. The van der Waals surface area contributed by atoms with Gasteiger partial charge in [-0.2, -0.15) is 0 Å². The van der Waals surface area contributed by atoms with Crippen LogP contribution in [0.15, 0.2) is 102 Å². The van der Waals surface area contributed by atoms with Crippen LogP contribution in [0.5, 0.6) is 11.5 Å². The number of alkyl carbamates (subject to hydrolysis) is 1. The van der Waals surface area contributed by atoms with Crippen LogP contribution in [0.2, 0.25) is 0 Å². The molecular formula is C43H47N5O10S. The summed E-state index contributed by atoms with van der Waals surface area (Å²) in [6.45, 7) is 9.20. The Morgan fingerprint density at radius 2 is 1.73 bits per heavy atom. The van der Waals surface area contributed by atoms with Crippen molar-refractivity contribution in [3.05, 3.63) is 97.6 Å². The number of nitrogens with zero attached hydrogens (tertiary/aromatic N) is 2. The Balaban J connectivity index is 1.21. The molecule has 3 aromatic carbocycles. The molecule has 3 aliphatic rings. The average Bonchev–Trinajstić information content (AvgIpc) is 4.13. The molecule has 16 heteroatoms. The number of rotatable bonds is 14. The molecule has 3 heterocycles. The van der Waals surface area contributed by atoms with Gasteiger partial charge in [0, 0.05) is 41.8 Å². The van der Waals surface area contributed by atoms with E-state index in [2.05, 4.69) is 21.9 Å². The third-order valence-electron chi connectivity index (χ3n) is 10.4. The van der Waals surface area contributed by atoms with Gasteiger partial charge in [0.2, 0.25) is 11.8 Å². The van der Waals surface area contributed by atoms with Crippen molar-refractivity contribution in [3.63, 3.8) is 0 Å². The van der Waals surface area contributed by atoms with Gasteiger partial charge in [-0.15, -0.1) is 6.58 Å². The minimum absolute atomic E-state index is 0.0178. The summed E-state index contributed by atoms with van der Waals surface area (Å²) in [5, 5.41) is 6.13. The van der Waals surface area contributed by atoms with Crippen LogP contribution in [0, 0.1) is 5.92 Å². The Labute approximate surface area is 342 Å². The Morgan fingerprint density at radius 1 is 1.03 bits per heavy atom. The van der Waals surface area contributed by atoms with Gasteiger partial charge >= 0.3 is 6.09 Å². The highest BCUT2D eigenvalue weighted by Crippen LogP contribution is 2.45. The zero-order chi connectivity index (χ0) is 42.1. The van der Waals surface area contributed by atoms with Crippen molar-refractivity contribution in [1.82, 2.24) is 25.2 Å². The van der Waals surface area contributed by atoms with E-state index in [9.17, 15) is 27.6 Å². The van der Waals surface area contributed by atoms with Gasteiger partial charge in [-0.1, -0.05) is 54.6 Å². The largest absolute Gasteiger partial charge is 0.497 e. The van der Waals surface area contributed by atoms with E-state index >= 15 is 0 Å². The number of sulfonamides is 1. The van der Waals surface area contributed by atoms with Gasteiger partial charge < -0.3 is 34.5 Å². The van der Waals surface area contributed by atoms with Crippen molar-refractivity contribution < 1.29 is 46.5 Å². The molecule has 4 aromatic rings. The molecule has 1 unspecified atom stereocenters. The van der Waals surface area contributed by atoms with Crippen molar-refractivity contribution in [2.24, 2.45) is 5.92 Å². The lowest BCUT2D eigenvalue weighted by Gasteiger charge is -2.30. The maximum Gasteiger partial charge on any atom is 0.408 e. The summed E-state index contributed by atoms with van der Waals surface area (Å²) in [6.07, 6.45) is -0.222. The van der Waals surface area contributed by atoms with Crippen LogP contribution in [0.3, 0.4) is 0 Å². The van der Waals surface area contributed by atoms with Gasteiger partial charge in [0.1, 0.15) is 40.8 Å². The molecule has 15 nitrogen and oxygen atoms in total. The van der Waals surface area contributed by atoms with Crippen LogP contribution in [-0.4, -0.2) is 97.8 Å². The number of epoxide rings is 1. The number of carbonyl (C=O) groups excluding carboxylic acids is 4. The summed E-state index contributed by atoms with van der Waals surface area (Å²) in [5.41, 5.74) is -0.465. The van der Waals surface area contributed by atoms with E-state index in [1.807, 2.05) is 36.4 Å². The van der Waals surface area contributed by atoms with E-state index in [-0.39, 0.29) is 36.8 Å². The molecule has 1 aromatic heterocycles. The minimum atomic E-state index is -4.29.